The van der Waals surface area contributed by atoms with Gasteiger partial charge in [0.25, 0.3) is 11.5 Å². The average molecular weight is 702 g/mol. The van der Waals surface area contributed by atoms with Crippen molar-refractivity contribution in [3.63, 3.8) is 0 Å². The molecule has 50 heavy (non-hydrogen) atoms. The van der Waals surface area contributed by atoms with Crippen LogP contribution in [0.3, 0.4) is 0 Å². The molecule has 0 saturated heterocycles. The highest BCUT2D eigenvalue weighted by molar-refractivity contribution is 7.07. The van der Waals surface area contributed by atoms with Crippen LogP contribution in [0, 0.1) is 0 Å². The van der Waals surface area contributed by atoms with E-state index in [1.54, 1.807) is 37.8 Å². The molecule has 0 radical (unpaired) electrons. The molecule has 1 aliphatic rings. The van der Waals surface area contributed by atoms with Gasteiger partial charge in [0.2, 0.25) is 0 Å². The molecule has 0 bridgehead atoms. The van der Waals surface area contributed by atoms with Crippen LogP contribution in [0.2, 0.25) is 5.02 Å². The van der Waals surface area contributed by atoms with Crippen LogP contribution in [0.4, 0.5) is 5.69 Å². The third-order valence-electron chi connectivity index (χ3n) is 8.54. The molecule has 2 heterocycles. The maximum Gasteiger partial charge on any atom is 0.271 e. The minimum Gasteiger partial charge on any atom is -0.493 e. The van der Waals surface area contributed by atoms with Gasteiger partial charge in [0.15, 0.2) is 16.3 Å². The number of nitrogens with zero attached hydrogens (tertiary/aromatic N) is 2. The minimum atomic E-state index is -0.801. The first-order valence-electron chi connectivity index (χ1n) is 15.8. The summed E-state index contributed by atoms with van der Waals surface area (Å²) in [5.41, 5.74) is 3.58. The number of hydrogen-bond donors (Lipinski definition) is 1. The Balaban J connectivity index is 1.39. The second-order valence-electron chi connectivity index (χ2n) is 11.6. The standard InChI is InChI=1S/C40H32ClN3O5S/c1-24-36(38(45)43-29-10-5-4-6-11-29)37(27-16-20-33(47-2)34(21-27)48-3)44-39(46)35(50-40(44)42-24)22-31-30-12-8-7-9-26(30)15-19-32(31)49-23-25-13-17-28(41)18-14-25/h4-22,37H,23H2,1-3H3,(H,43,45)/b35-22-/t37-/m0/s1. The summed E-state index contributed by atoms with van der Waals surface area (Å²) in [7, 11) is 3.11. The molecule has 0 aliphatic carbocycles. The van der Waals surface area contributed by atoms with E-state index < -0.39 is 6.04 Å². The van der Waals surface area contributed by atoms with Crippen LogP contribution >= 0.6 is 22.9 Å². The van der Waals surface area contributed by atoms with E-state index in [-0.39, 0.29) is 11.5 Å². The maximum atomic E-state index is 14.6. The molecule has 1 aliphatic heterocycles. The van der Waals surface area contributed by atoms with E-state index in [9.17, 15) is 9.59 Å². The zero-order chi connectivity index (χ0) is 34.8. The smallest absolute Gasteiger partial charge is 0.271 e. The molecular weight excluding hydrogens is 670 g/mol. The fourth-order valence-corrected chi connectivity index (χ4v) is 7.25. The lowest BCUT2D eigenvalue weighted by Gasteiger charge is -2.26. The highest BCUT2D eigenvalue weighted by atomic mass is 35.5. The maximum absolute atomic E-state index is 14.6. The molecule has 0 spiro atoms. The number of amides is 1. The molecule has 1 atom stereocenters. The minimum absolute atomic E-state index is 0.289. The zero-order valence-corrected chi connectivity index (χ0v) is 29.0. The summed E-state index contributed by atoms with van der Waals surface area (Å²) in [4.78, 5) is 33.9. The number of carbonyl (C=O) groups excluding carboxylic acids is 1. The van der Waals surface area contributed by atoms with E-state index in [4.69, 9.17) is 30.8 Å². The van der Waals surface area contributed by atoms with Crippen molar-refractivity contribution in [1.29, 1.82) is 0 Å². The molecule has 6 aromatic rings. The molecule has 10 heteroatoms. The van der Waals surface area contributed by atoms with Gasteiger partial charge in [-0.15, -0.1) is 0 Å². The van der Waals surface area contributed by atoms with Crippen molar-refractivity contribution >= 4 is 51.4 Å². The molecule has 8 nitrogen and oxygen atoms in total. The van der Waals surface area contributed by atoms with Crippen LogP contribution in [0.5, 0.6) is 17.2 Å². The Morgan fingerprint density at radius 3 is 2.38 bits per heavy atom. The molecule has 1 amide bonds. The van der Waals surface area contributed by atoms with Gasteiger partial charge in [0, 0.05) is 16.3 Å². The quantitative estimate of drug-likeness (QED) is 0.171. The molecule has 0 saturated carbocycles. The Hall–Kier alpha value is -5.64. The Labute approximate surface area is 297 Å². The third-order valence-corrected chi connectivity index (χ3v) is 9.77. The number of aromatic nitrogens is 1. The van der Waals surface area contributed by atoms with E-state index >= 15 is 0 Å². The van der Waals surface area contributed by atoms with Gasteiger partial charge in [0.1, 0.15) is 12.4 Å². The summed E-state index contributed by atoms with van der Waals surface area (Å²) in [6.45, 7) is 2.11. The Bertz CT molecular complexity index is 2450. The summed E-state index contributed by atoms with van der Waals surface area (Å²) in [6, 6.07) is 33.2. The number of ether oxygens (including phenoxy) is 3. The third kappa shape index (κ3) is 6.41. The molecule has 5 aromatic carbocycles. The van der Waals surface area contributed by atoms with Crippen molar-refractivity contribution < 1.29 is 19.0 Å². The summed E-state index contributed by atoms with van der Waals surface area (Å²) in [6.07, 6.45) is 1.86. The van der Waals surface area contributed by atoms with E-state index in [0.29, 0.717) is 60.7 Å². The largest absolute Gasteiger partial charge is 0.493 e. The summed E-state index contributed by atoms with van der Waals surface area (Å²) < 4.78 is 19.5. The number of thiazole rings is 1. The number of allylic oxidation sites excluding steroid dienone is 1. The second kappa shape index (κ2) is 14.1. The lowest BCUT2D eigenvalue weighted by atomic mass is 9.94. The number of hydrogen-bond acceptors (Lipinski definition) is 7. The fraction of sp³-hybridized carbons (Fsp3) is 0.125. The van der Waals surface area contributed by atoms with Crippen molar-refractivity contribution in [2.75, 3.05) is 19.5 Å². The molecule has 250 valence electrons. The molecule has 0 fully saturated rings. The van der Waals surface area contributed by atoms with Crippen molar-refractivity contribution in [2.24, 2.45) is 4.99 Å². The highest BCUT2D eigenvalue weighted by Crippen LogP contribution is 2.36. The molecule has 1 N–H and O–H groups in total. The predicted octanol–water partition coefficient (Wildman–Crippen LogP) is 7.28. The van der Waals surface area contributed by atoms with E-state index in [1.165, 1.54) is 11.3 Å². The number of nitrogens with one attached hydrogen (secondary N) is 1. The lowest BCUT2D eigenvalue weighted by molar-refractivity contribution is -0.113. The number of methoxy groups -OCH3 is 2. The zero-order valence-electron chi connectivity index (χ0n) is 27.5. The van der Waals surface area contributed by atoms with Crippen molar-refractivity contribution in [3.05, 3.63) is 162 Å². The topological polar surface area (TPSA) is 91.2 Å². The predicted molar refractivity (Wildman–Crippen MR) is 198 cm³/mol. The van der Waals surface area contributed by atoms with Gasteiger partial charge in [-0.3, -0.25) is 14.2 Å². The molecular formula is C40H32ClN3O5S. The number of para-hydroxylation sites is 1. The van der Waals surface area contributed by atoms with Gasteiger partial charge in [-0.2, -0.15) is 0 Å². The number of halogens is 1. The van der Waals surface area contributed by atoms with Gasteiger partial charge in [0.05, 0.1) is 36.1 Å². The second-order valence-corrected chi connectivity index (χ2v) is 13.1. The SMILES string of the molecule is COc1ccc([C@H]2C(C(=O)Nc3ccccc3)=C(C)N=c3s/c(=C\c4c(OCc5ccc(Cl)cc5)ccc5ccccc45)c(=O)n32)cc1OC. The first kappa shape index (κ1) is 32.9. The van der Waals surface area contributed by atoms with Gasteiger partial charge in [-0.25, -0.2) is 4.99 Å². The van der Waals surface area contributed by atoms with E-state index in [1.807, 2.05) is 103 Å². The van der Waals surface area contributed by atoms with Gasteiger partial charge < -0.3 is 19.5 Å². The first-order chi connectivity index (χ1) is 24.3. The summed E-state index contributed by atoms with van der Waals surface area (Å²) >= 11 is 7.36. The van der Waals surface area contributed by atoms with Gasteiger partial charge in [-0.1, -0.05) is 89.7 Å². The molecule has 0 unspecified atom stereocenters. The number of anilines is 1. The molecule has 1 aromatic heterocycles. The van der Waals surface area contributed by atoms with Gasteiger partial charge >= 0.3 is 0 Å². The van der Waals surface area contributed by atoms with Crippen LogP contribution in [-0.2, 0) is 11.4 Å². The van der Waals surface area contributed by atoms with Crippen LogP contribution in [-0.4, -0.2) is 24.7 Å². The highest BCUT2D eigenvalue weighted by Gasteiger charge is 2.33. The van der Waals surface area contributed by atoms with Crippen molar-refractivity contribution in [3.8, 4) is 17.2 Å². The van der Waals surface area contributed by atoms with Crippen LogP contribution in [0.25, 0.3) is 16.8 Å². The normalized spacial score (nSPS) is 14.2. The van der Waals surface area contributed by atoms with Crippen molar-refractivity contribution in [2.45, 2.75) is 19.6 Å². The van der Waals surface area contributed by atoms with E-state index in [2.05, 4.69) is 5.32 Å². The number of rotatable bonds is 9. The number of fused-ring (bicyclic) bond motifs is 2. The Morgan fingerprint density at radius 1 is 0.900 bits per heavy atom. The Kier molecular flexibility index (Phi) is 9.25. The van der Waals surface area contributed by atoms with E-state index in [0.717, 1.165) is 21.9 Å². The summed E-state index contributed by atoms with van der Waals surface area (Å²) in [5, 5.41) is 5.58. The van der Waals surface area contributed by atoms with Crippen molar-refractivity contribution in [1.82, 2.24) is 4.57 Å². The van der Waals surface area contributed by atoms with Crippen LogP contribution < -0.4 is 34.4 Å². The fourth-order valence-electron chi connectivity index (χ4n) is 6.09. The average Bonchev–Trinajstić information content (AvgIpc) is 3.44. The van der Waals surface area contributed by atoms with Crippen LogP contribution in [0.15, 0.2) is 130 Å². The first-order valence-corrected chi connectivity index (χ1v) is 17.0. The van der Waals surface area contributed by atoms with Gasteiger partial charge in [-0.05, 0) is 77.4 Å². The number of benzene rings is 5. The molecule has 7 rings (SSSR count). The Morgan fingerprint density at radius 2 is 1.62 bits per heavy atom. The summed E-state index contributed by atoms with van der Waals surface area (Å²) in [5.74, 6) is 1.27. The monoisotopic (exact) mass is 701 g/mol. The lowest BCUT2D eigenvalue weighted by Crippen LogP contribution is -2.40. The number of carbonyl (C=O) groups is 1. The van der Waals surface area contributed by atoms with Crippen LogP contribution in [0.1, 0.15) is 29.7 Å².